The van der Waals surface area contributed by atoms with Crippen molar-refractivity contribution in [2.24, 2.45) is 5.73 Å². The van der Waals surface area contributed by atoms with Crippen molar-refractivity contribution in [3.8, 4) is 0 Å². The van der Waals surface area contributed by atoms with Crippen LogP contribution in [0.3, 0.4) is 0 Å². The van der Waals surface area contributed by atoms with Crippen LogP contribution in [0.5, 0.6) is 0 Å². The summed E-state index contributed by atoms with van der Waals surface area (Å²) in [7, 11) is 1.41. The third-order valence-corrected chi connectivity index (χ3v) is 0.236. The van der Waals surface area contributed by atoms with Crippen LogP contribution in [0.25, 0.3) is 0 Å². The molecular formula is C4H10N2O3. The van der Waals surface area contributed by atoms with Crippen LogP contribution in [0.15, 0.2) is 0 Å². The second-order valence-electron chi connectivity index (χ2n) is 1.10. The number of carbonyl (C=O) groups is 1. The summed E-state index contributed by atoms with van der Waals surface area (Å²) in [4.78, 5) is 8.89. The molecule has 0 bridgehead atoms. The molecule has 0 amide bonds. The Labute approximate surface area is 52.9 Å². The monoisotopic (exact) mass is 134 g/mol. The molecule has 0 aromatic heterocycles. The van der Waals surface area contributed by atoms with E-state index in [1.807, 2.05) is 0 Å². The highest BCUT2D eigenvalue weighted by Gasteiger charge is 1.79. The van der Waals surface area contributed by atoms with E-state index in [0.717, 1.165) is 6.92 Å². The van der Waals surface area contributed by atoms with E-state index < -0.39 is 5.97 Å². The molecule has 0 spiro atoms. The van der Waals surface area contributed by atoms with Crippen LogP contribution in [0.1, 0.15) is 6.92 Å². The van der Waals surface area contributed by atoms with E-state index in [2.05, 4.69) is 4.74 Å². The lowest BCUT2D eigenvalue weighted by Gasteiger charge is -1.78. The smallest absolute Gasteiger partial charge is 0.437 e. The Morgan fingerprint density at radius 3 is 1.89 bits per heavy atom. The van der Waals surface area contributed by atoms with Gasteiger partial charge in [-0.3, -0.25) is 11.1 Å². The van der Waals surface area contributed by atoms with Crippen molar-refractivity contribution >= 4 is 12.0 Å². The Morgan fingerprint density at radius 1 is 1.78 bits per heavy atom. The standard InChI is InChI=1S/C2H6N2O.C2H4O2/c1-5-2(3)4;1-2(3)4/h1H3,(H3,3,4);1H3,(H,3,4). The van der Waals surface area contributed by atoms with Gasteiger partial charge in [0.1, 0.15) is 0 Å². The van der Waals surface area contributed by atoms with E-state index in [1.54, 1.807) is 0 Å². The number of carboxylic acids is 1. The Balaban J connectivity index is 0. The van der Waals surface area contributed by atoms with Gasteiger partial charge in [-0.1, -0.05) is 0 Å². The first-order valence-electron chi connectivity index (χ1n) is 2.10. The molecule has 0 atom stereocenters. The molecule has 0 unspecified atom stereocenters. The van der Waals surface area contributed by atoms with Crippen LogP contribution in [-0.4, -0.2) is 19.1 Å². The van der Waals surface area contributed by atoms with Crippen molar-refractivity contribution in [2.75, 3.05) is 7.11 Å². The van der Waals surface area contributed by atoms with E-state index in [-0.39, 0.29) is 6.02 Å². The van der Waals surface area contributed by atoms with E-state index in [4.69, 9.17) is 21.0 Å². The molecule has 0 radical (unpaired) electrons. The first kappa shape index (κ1) is 10.7. The zero-order chi connectivity index (χ0) is 7.86. The van der Waals surface area contributed by atoms with Crippen LogP contribution in [-0.2, 0) is 9.53 Å². The van der Waals surface area contributed by atoms with E-state index in [0.29, 0.717) is 0 Å². The summed E-state index contributed by atoms with van der Waals surface area (Å²) in [5.74, 6) is -1.08. The zero-order valence-electron chi connectivity index (χ0n) is 5.38. The SMILES string of the molecule is CC(=O)[O-].COC(N)=[NH2+]. The predicted octanol–water partition coefficient (Wildman–Crippen LogP) is -3.54. The summed E-state index contributed by atoms with van der Waals surface area (Å²) < 4.78 is 4.22. The number of hydrogen-bond acceptors (Lipinski definition) is 3. The molecule has 4 N–H and O–H groups in total. The lowest BCUT2D eigenvalue weighted by atomic mass is 10.9. The van der Waals surface area contributed by atoms with Gasteiger partial charge in [0, 0.05) is 5.97 Å². The topological polar surface area (TPSA) is 101 Å². The zero-order valence-corrected chi connectivity index (χ0v) is 5.38. The molecule has 0 saturated carbocycles. The van der Waals surface area contributed by atoms with Gasteiger partial charge in [-0.05, 0) is 6.92 Å². The predicted molar refractivity (Wildman–Crippen MR) is 28.8 cm³/mol. The third kappa shape index (κ3) is 277. The van der Waals surface area contributed by atoms with Crippen LogP contribution in [0.4, 0.5) is 0 Å². The third-order valence-electron chi connectivity index (χ3n) is 0.236. The van der Waals surface area contributed by atoms with Gasteiger partial charge >= 0.3 is 6.02 Å². The van der Waals surface area contributed by atoms with Crippen molar-refractivity contribution in [3.05, 3.63) is 0 Å². The quantitative estimate of drug-likeness (QED) is 0.264. The maximum atomic E-state index is 8.89. The number of carboxylic acid groups (broad SMARTS) is 1. The number of rotatable bonds is 0. The molecule has 0 aromatic rings. The molecule has 5 heteroatoms. The Bertz CT molecular complexity index is 98.0. The lowest BCUT2D eigenvalue weighted by Crippen LogP contribution is -2.46. The maximum Gasteiger partial charge on any atom is 0.437 e. The van der Waals surface area contributed by atoms with Crippen LogP contribution in [0.2, 0.25) is 0 Å². The molecule has 0 aliphatic rings. The van der Waals surface area contributed by atoms with Crippen LogP contribution < -0.4 is 16.2 Å². The molecule has 0 aliphatic carbocycles. The number of ether oxygens (including phenoxy) is 1. The van der Waals surface area contributed by atoms with Gasteiger partial charge in [-0.25, -0.2) is 0 Å². The van der Waals surface area contributed by atoms with Gasteiger partial charge in [-0.2, -0.15) is 0 Å². The number of amidine groups is 1. The lowest BCUT2D eigenvalue weighted by molar-refractivity contribution is -0.302. The molecule has 0 aromatic carbocycles. The second kappa shape index (κ2) is 6.74. The number of hydrogen-bond donors (Lipinski definition) is 2. The van der Waals surface area contributed by atoms with Gasteiger partial charge in [0.15, 0.2) is 0 Å². The molecule has 54 valence electrons. The molecular weight excluding hydrogens is 124 g/mol. The van der Waals surface area contributed by atoms with Crippen LogP contribution >= 0.6 is 0 Å². The fourth-order valence-corrected chi connectivity index (χ4v) is 0. The number of methoxy groups -OCH3 is 1. The van der Waals surface area contributed by atoms with Crippen molar-refractivity contribution in [2.45, 2.75) is 6.92 Å². The normalized spacial score (nSPS) is 6.44. The Kier molecular flexibility index (Phi) is 7.99. The number of nitrogens with two attached hydrogens (primary N) is 2. The highest BCUT2D eigenvalue weighted by Crippen LogP contribution is 1.42. The summed E-state index contributed by atoms with van der Waals surface area (Å²) in [6.07, 6.45) is 0. The Hall–Kier alpha value is -1.26. The fourth-order valence-electron chi connectivity index (χ4n) is 0. The molecule has 0 rings (SSSR count). The van der Waals surface area contributed by atoms with E-state index in [1.165, 1.54) is 7.11 Å². The first-order valence-corrected chi connectivity index (χ1v) is 2.10. The van der Waals surface area contributed by atoms with Gasteiger partial charge in [-0.15, -0.1) is 0 Å². The minimum absolute atomic E-state index is 0.00463. The van der Waals surface area contributed by atoms with Gasteiger partial charge < -0.3 is 14.6 Å². The van der Waals surface area contributed by atoms with E-state index >= 15 is 0 Å². The molecule has 0 heterocycles. The number of aliphatic carboxylic acids is 1. The molecule has 0 saturated heterocycles. The average Bonchev–Trinajstić information content (AvgIpc) is 1.65. The average molecular weight is 134 g/mol. The number of carbonyl (C=O) groups excluding carboxylic acids is 1. The molecule has 0 aliphatic heterocycles. The summed E-state index contributed by atoms with van der Waals surface area (Å²) >= 11 is 0. The van der Waals surface area contributed by atoms with Crippen molar-refractivity contribution < 1.29 is 20.0 Å². The van der Waals surface area contributed by atoms with Crippen molar-refractivity contribution in [3.63, 3.8) is 0 Å². The maximum absolute atomic E-state index is 8.89. The van der Waals surface area contributed by atoms with Gasteiger partial charge in [0.05, 0.1) is 7.11 Å². The van der Waals surface area contributed by atoms with Gasteiger partial charge in [0.2, 0.25) is 0 Å². The summed E-state index contributed by atoms with van der Waals surface area (Å²) in [6, 6.07) is 0.00463. The molecule has 0 fully saturated rings. The minimum atomic E-state index is -1.08. The fraction of sp³-hybridized carbons (Fsp3) is 0.500. The highest BCUT2D eigenvalue weighted by atomic mass is 16.5. The highest BCUT2D eigenvalue weighted by molar-refractivity contribution is 5.63. The largest absolute Gasteiger partial charge is 0.550 e. The molecule has 5 nitrogen and oxygen atoms in total. The van der Waals surface area contributed by atoms with Crippen LogP contribution in [0, 0.1) is 0 Å². The minimum Gasteiger partial charge on any atom is -0.550 e. The van der Waals surface area contributed by atoms with Crippen molar-refractivity contribution in [1.82, 2.24) is 0 Å². The summed E-state index contributed by atoms with van der Waals surface area (Å²) in [5.41, 5.74) is 4.76. The summed E-state index contributed by atoms with van der Waals surface area (Å²) in [5, 5.41) is 13.7. The molecule has 9 heavy (non-hydrogen) atoms. The second-order valence-corrected chi connectivity index (χ2v) is 1.10. The van der Waals surface area contributed by atoms with Crippen molar-refractivity contribution in [1.29, 1.82) is 0 Å². The summed E-state index contributed by atoms with van der Waals surface area (Å²) in [6.45, 7) is 0.972. The van der Waals surface area contributed by atoms with Gasteiger partial charge in [0.25, 0.3) is 0 Å². The van der Waals surface area contributed by atoms with E-state index in [9.17, 15) is 0 Å². The Morgan fingerprint density at radius 2 is 1.89 bits per heavy atom. The first-order chi connectivity index (χ1) is 4.00.